The monoisotopic (exact) mass is 187 g/mol. The van der Waals surface area contributed by atoms with Crippen LogP contribution in [0.5, 0.6) is 5.88 Å². The number of aryl methyl sites for hydroxylation is 1. The Balaban J connectivity index is 2.03. The summed E-state index contributed by atoms with van der Waals surface area (Å²) in [7, 11) is 0. The zero-order valence-electron chi connectivity index (χ0n) is 9.88. The molecule has 1 N–H and O–H groups in total. The smallest absolute Gasteiger partial charge is 0.233 e. The molecule has 1 aromatic rings. The van der Waals surface area contributed by atoms with Crippen LogP contribution >= 0.6 is 0 Å². The van der Waals surface area contributed by atoms with Crippen LogP contribution in [-0.4, -0.2) is 40.3 Å². The highest BCUT2D eigenvalue weighted by Gasteiger charge is 2.28. The maximum absolute atomic E-state index is 9.42. The van der Waals surface area contributed by atoms with Gasteiger partial charge in [0.2, 0.25) is 5.88 Å². The Morgan fingerprint density at radius 3 is 3.38 bits per heavy atom. The summed E-state index contributed by atoms with van der Waals surface area (Å²) >= 11 is 0. The topological polar surface area (TPSA) is 56.5 Å². The number of aliphatic hydroxyl groups is 1. The molecule has 2 heterocycles. The second-order valence-electron chi connectivity index (χ2n) is 2.86. The maximum Gasteiger partial charge on any atom is 0.233 e. The van der Waals surface area contributed by atoms with E-state index in [0.29, 0.717) is 0 Å². The molecule has 1 aromatic heterocycles. The molecule has 0 unspecified atom stereocenters. The van der Waals surface area contributed by atoms with E-state index >= 15 is 0 Å². The molecule has 0 radical (unpaired) electrons. The van der Waals surface area contributed by atoms with Crippen molar-refractivity contribution in [3.05, 3.63) is 12.3 Å². The summed E-state index contributed by atoms with van der Waals surface area (Å²) in [5.74, 6) is 0.172. The van der Waals surface area contributed by atoms with E-state index in [4.69, 9.17) is 13.6 Å². The molecule has 0 aromatic carbocycles. The molecule has 0 saturated carbocycles. The predicted molar refractivity (Wildman–Crippen MR) is 44.4 cm³/mol. The zero-order valence-corrected chi connectivity index (χ0v) is 6.88. The van der Waals surface area contributed by atoms with E-state index in [-0.39, 0.29) is 19.1 Å². The summed E-state index contributed by atoms with van der Waals surface area (Å²) in [6.45, 7) is -1.81. The lowest BCUT2D eigenvalue weighted by Crippen LogP contribution is -2.29. The van der Waals surface area contributed by atoms with E-state index in [9.17, 15) is 5.11 Å². The first-order valence-electron chi connectivity index (χ1n) is 5.45. The van der Waals surface area contributed by atoms with Crippen molar-refractivity contribution in [1.82, 2.24) is 9.78 Å². The third-order valence-corrected chi connectivity index (χ3v) is 1.84. The van der Waals surface area contributed by atoms with Crippen LogP contribution in [0.4, 0.5) is 0 Å². The molecule has 0 aliphatic carbocycles. The number of ether oxygens (including phenoxy) is 2. The summed E-state index contributed by atoms with van der Waals surface area (Å²) in [6.07, 6.45) is 0.128. The second-order valence-corrected chi connectivity index (χ2v) is 2.86. The van der Waals surface area contributed by atoms with E-state index < -0.39 is 19.2 Å². The molecule has 0 bridgehead atoms. The van der Waals surface area contributed by atoms with Crippen molar-refractivity contribution >= 4 is 0 Å². The van der Waals surface area contributed by atoms with Gasteiger partial charge in [-0.15, -0.1) is 5.10 Å². The van der Waals surface area contributed by atoms with Crippen LogP contribution in [-0.2, 0) is 11.7 Å². The highest BCUT2D eigenvalue weighted by Crippen LogP contribution is 2.14. The first-order chi connectivity index (χ1) is 7.47. The van der Waals surface area contributed by atoms with Gasteiger partial charge in [-0.05, 0) is 0 Å². The van der Waals surface area contributed by atoms with Crippen molar-refractivity contribution in [3.8, 4) is 5.88 Å². The van der Waals surface area contributed by atoms with Gasteiger partial charge >= 0.3 is 0 Å². The van der Waals surface area contributed by atoms with Gasteiger partial charge in [0.25, 0.3) is 0 Å². The third-order valence-electron chi connectivity index (χ3n) is 1.84. The van der Waals surface area contributed by atoms with Gasteiger partial charge in [-0.1, -0.05) is 0 Å². The Labute approximate surface area is 80.1 Å². The summed E-state index contributed by atoms with van der Waals surface area (Å²) in [6, 6.07) is 1.44. The Hall–Kier alpha value is -1.07. The Morgan fingerprint density at radius 2 is 2.77 bits per heavy atom. The fourth-order valence-corrected chi connectivity index (χ4v) is 1.16. The van der Waals surface area contributed by atoms with Gasteiger partial charge in [0.05, 0.1) is 13.2 Å². The molecule has 1 aliphatic heterocycles. The van der Waals surface area contributed by atoms with Crippen LogP contribution in [0.25, 0.3) is 0 Å². The highest BCUT2D eigenvalue weighted by molar-refractivity contribution is 5.06. The molecule has 1 fully saturated rings. The van der Waals surface area contributed by atoms with Gasteiger partial charge in [-0.2, -0.15) is 0 Å². The Morgan fingerprint density at radius 1 is 1.85 bits per heavy atom. The molecule has 1 aliphatic rings. The van der Waals surface area contributed by atoms with Crippen molar-refractivity contribution in [1.29, 1.82) is 0 Å². The van der Waals surface area contributed by atoms with Crippen molar-refractivity contribution in [3.63, 3.8) is 0 Å². The van der Waals surface area contributed by atoms with Gasteiger partial charge in [0, 0.05) is 23.4 Å². The quantitative estimate of drug-likeness (QED) is 0.682. The van der Waals surface area contributed by atoms with Gasteiger partial charge in [0.15, 0.2) is 6.10 Å². The van der Waals surface area contributed by atoms with Gasteiger partial charge in [-0.25, -0.2) is 0 Å². The Kier molecular flexibility index (Phi) is 1.45. The van der Waals surface area contributed by atoms with Gasteiger partial charge < -0.3 is 14.6 Å². The van der Waals surface area contributed by atoms with Gasteiger partial charge in [-0.3, -0.25) is 4.68 Å². The van der Waals surface area contributed by atoms with Crippen LogP contribution in [0.1, 0.15) is 4.11 Å². The third kappa shape index (κ3) is 1.81. The first kappa shape index (κ1) is 5.62. The molecule has 72 valence electrons. The molecule has 13 heavy (non-hydrogen) atoms. The Bertz CT molecular complexity index is 366. The van der Waals surface area contributed by atoms with Crippen LogP contribution in [0.3, 0.4) is 0 Å². The average Bonchev–Trinajstić information content (AvgIpc) is 2.76. The molecule has 2 atom stereocenters. The summed E-state index contributed by atoms with van der Waals surface area (Å²) in [5.41, 5.74) is 0. The normalized spacial score (nSPS) is 32.2. The molecule has 0 spiro atoms. The van der Waals surface area contributed by atoms with Crippen LogP contribution < -0.4 is 4.74 Å². The maximum atomic E-state index is 9.42. The lowest BCUT2D eigenvalue weighted by molar-refractivity contribution is 0.0700. The standard InChI is InChI=1S/C8H12N2O3/c1-10-3-2-8(9-10)13-7-5-12-4-6(7)11/h2-3,6-7,11H,4-5H2,1H3/t6-,7+/m0/s1/i1D3. The molecular weight excluding hydrogens is 172 g/mol. The second kappa shape index (κ2) is 3.35. The summed E-state index contributed by atoms with van der Waals surface area (Å²) in [4.78, 5) is 0. The van der Waals surface area contributed by atoms with Crippen LogP contribution in [0, 0.1) is 0 Å². The average molecular weight is 187 g/mol. The lowest BCUT2D eigenvalue weighted by atomic mass is 10.3. The van der Waals surface area contributed by atoms with E-state index in [1.165, 1.54) is 12.3 Å². The highest BCUT2D eigenvalue weighted by atomic mass is 16.6. The van der Waals surface area contributed by atoms with Gasteiger partial charge in [0.1, 0.15) is 6.10 Å². The van der Waals surface area contributed by atoms with E-state index in [1.54, 1.807) is 0 Å². The number of nitrogens with zero attached hydrogens (tertiary/aromatic N) is 2. The predicted octanol–water partition coefficient (Wildman–Crippen LogP) is -0.441. The number of aliphatic hydroxyl groups excluding tert-OH is 1. The SMILES string of the molecule is [2H]C([2H])([2H])n1ccc(O[C@@H]2COC[C@@H]2O)n1. The largest absolute Gasteiger partial charge is 0.468 e. The molecule has 5 heteroatoms. The van der Waals surface area contributed by atoms with Crippen molar-refractivity contribution < 1.29 is 18.7 Å². The first-order valence-corrected chi connectivity index (χ1v) is 3.95. The van der Waals surface area contributed by atoms with Crippen LogP contribution in [0.2, 0.25) is 0 Å². The molecule has 2 rings (SSSR count). The fraction of sp³-hybridized carbons (Fsp3) is 0.625. The summed E-state index contributed by atoms with van der Waals surface area (Å²) < 4.78 is 32.5. The minimum Gasteiger partial charge on any atom is -0.468 e. The number of hydrogen-bond acceptors (Lipinski definition) is 4. The van der Waals surface area contributed by atoms with E-state index in [0.717, 1.165) is 4.68 Å². The molecule has 1 saturated heterocycles. The van der Waals surface area contributed by atoms with E-state index in [1.807, 2.05) is 0 Å². The zero-order chi connectivity index (χ0) is 11.8. The summed E-state index contributed by atoms with van der Waals surface area (Å²) in [5, 5.41) is 13.2. The van der Waals surface area contributed by atoms with E-state index in [2.05, 4.69) is 5.10 Å². The molecular formula is C8H12N2O3. The minimum absolute atomic E-state index is 0.172. The van der Waals surface area contributed by atoms with Crippen molar-refractivity contribution in [2.24, 2.45) is 6.98 Å². The number of rotatable bonds is 2. The lowest BCUT2D eigenvalue weighted by Gasteiger charge is -2.12. The minimum atomic E-state index is -2.31. The molecule has 0 amide bonds. The fourth-order valence-electron chi connectivity index (χ4n) is 1.16. The molecule has 5 nitrogen and oxygen atoms in total. The number of aromatic nitrogens is 2. The van der Waals surface area contributed by atoms with Crippen molar-refractivity contribution in [2.75, 3.05) is 13.2 Å². The van der Waals surface area contributed by atoms with Crippen LogP contribution in [0.15, 0.2) is 12.3 Å². The number of hydrogen-bond donors (Lipinski definition) is 1. The van der Waals surface area contributed by atoms with Crippen molar-refractivity contribution in [2.45, 2.75) is 12.2 Å².